The van der Waals surface area contributed by atoms with Crippen molar-refractivity contribution in [3.63, 3.8) is 0 Å². The molecule has 1 N–H and O–H groups in total. The fraction of sp³-hybridized carbons (Fsp3) is 1.00. The lowest BCUT2D eigenvalue weighted by atomic mass is 9.99. The molecule has 0 radical (unpaired) electrons. The Hall–Kier alpha value is -0.200. The molecule has 0 saturated carbocycles. The van der Waals surface area contributed by atoms with Crippen molar-refractivity contribution in [2.75, 3.05) is 73.4 Å². The highest BCUT2D eigenvalue weighted by Crippen LogP contribution is 2.10. The van der Waals surface area contributed by atoms with Gasteiger partial charge in [-0.1, -0.05) is 0 Å². The van der Waals surface area contributed by atoms with Gasteiger partial charge in [0.2, 0.25) is 0 Å². The number of piperidine rings is 1. The van der Waals surface area contributed by atoms with Gasteiger partial charge in [0.1, 0.15) is 0 Å². The minimum atomic E-state index is 0.647. The first-order valence-electron chi connectivity index (χ1n) is 7.36. The van der Waals surface area contributed by atoms with Gasteiger partial charge in [-0.3, -0.25) is 0 Å². The van der Waals surface area contributed by atoms with Crippen molar-refractivity contribution in [1.29, 1.82) is 0 Å². The third kappa shape index (κ3) is 9.35. The van der Waals surface area contributed by atoms with Gasteiger partial charge in [0.25, 0.3) is 0 Å². The fourth-order valence-corrected chi connectivity index (χ4v) is 2.30. The van der Waals surface area contributed by atoms with E-state index < -0.39 is 0 Å². The van der Waals surface area contributed by atoms with Gasteiger partial charge < -0.3 is 24.4 Å². The summed E-state index contributed by atoms with van der Waals surface area (Å²) in [6.07, 6.45) is 2.67. The molecular formula is C14H30N2O3. The molecule has 1 heterocycles. The Kier molecular flexibility index (Phi) is 10.3. The van der Waals surface area contributed by atoms with E-state index in [1.165, 1.54) is 32.5 Å². The molecule has 5 heteroatoms. The van der Waals surface area contributed by atoms with E-state index in [9.17, 15) is 0 Å². The lowest BCUT2D eigenvalue weighted by molar-refractivity contribution is 0.0200. The zero-order chi connectivity index (χ0) is 13.8. The Morgan fingerprint density at radius 3 is 2.53 bits per heavy atom. The van der Waals surface area contributed by atoms with Gasteiger partial charge in [-0.05, 0) is 38.9 Å². The second kappa shape index (κ2) is 11.6. The maximum atomic E-state index is 5.55. The SMILES string of the molecule is COCCOCCOCCN(C)CC1CCCNC1. The van der Waals surface area contributed by atoms with Crippen molar-refractivity contribution < 1.29 is 14.2 Å². The lowest BCUT2D eigenvalue weighted by Crippen LogP contribution is -2.37. The average molecular weight is 274 g/mol. The van der Waals surface area contributed by atoms with E-state index in [0.717, 1.165) is 19.1 Å². The van der Waals surface area contributed by atoms with Crippen molar-refractivity contribution in [1.82, 2.24) is 10.2 Å². The highest BCUT2D eigenvalue weighted by atomic mass is 16.5. The number of hydrogen-bond donors (Lipinski definition) is 1. The van der Waals surface area contributed by atoms with E-state index in [4.69, 9.17) is 14.2 Å². The Bertz CT molecular complexity index is 199. The maximum absolute atomic E-state index is 5.55. The van der Waals surface area contributed by atoms with E-state index in [-0.39, 0.29) is 0 Å². The third-order valence-electron chi connectivity index (χ3n) is 3.39. The van der Waals surface area contributed by atoms with Crippen LogP contribution >= 0.6 is 0 Å². The highest BCUT2D eigenvalue weighted by Gasteiger charge is 2.14. The molecule has 1 saturated heterocycles. The van der Waals surface area contributed by atoms with Crippen LogP contribution in [-0.2, 0) is 14.2 Å². The van der Waals surface area contributed by atoms with E-state index in [2.05, 4.69) is 17.3 Å². The molecule has 1 aliphatic rings. The summed E-state index contributed by atoms with van der Waals surface area (Å²) in [6.45, 7) is 7.92. The fourth-order valence-electron chi connectivity index (χ4n) is 2.30. The maximum Gasteiger partial charge on any atom is 0.0701 e. The van der Waals surface area contributed by atoms with Crippen LogP contribution in [0.25, 0.3) is 0 Å². The Labute approximate surface area is 117 Å². The molecule has 1 atom stereocenters. The quantitative estimate of drug-likeness (QED) is 0.559. The Morgan fingerprint density at radius 2 is 1.84 bits per heavy atom. The molecule has 0 aromatic rings. The summed E-state index contributed by atoms with van der Waals surface area (Å²) in [7, 11) is 3.85. The van der Waals surface area contributed by atoms with Crippen LogP contribution in [0.3, 0.4) is 0 Å². The van der Waals surface area contributed by atoms with Crippen LogP contribution in [0.15, 0.2) is 0 Å². The molecule has 0 spiro atoms. The number of likely N-dealkylation sites (N-methyl/N-ethyl adjacent to an activating group) is 1. The summed E-state index contributed by atoms with van der Waals surface area (Å²) in [5.41, 5.74) is 0. The van der Waals surface area contributed by atoms with E-state index in [0.29, 0.717) is 26.4 Å². The minimum absolute atomic E-state index is 0.647. The summed E-state index contributed by atoms with van der Waals surface area (Å²) in [5.74, 6) is 0.802. The summed E-state index contributed by atoms with van der Waals surface area (Å²) in [4.78, 5) is 2.36. The van der Waals surface area contributed by atoms with Gasteiger partial charge in [0, 0.05) is 20.2 Å². The van der Waals surface area contributed by atoms with Gasteiger partial charge >= 0.3 is 0 Å². The molecule has 114 valence electrons. The first-order valence-corrected chi connectivity index (χ1v) is 7.36. The predicted octanol–water partition coefficient (Wildman–Crippen LogP) is 0.597. The monoisotopic (exact) mass is 274 g/mol. The van der Waals surface area contributed by atoms with E-state index in [1.807, 2.05) is 0 Å². The molecular weight excluding hydrogens is 244 g/mol. The van der Waals surface area contributed by atoms with Crippen LogP contribution in [0.2, 0.25) is 0 Å². The first-order chi connectivity index (χ1) is 9.33. The molecule has 0 aromatic heterocycles. The van der Waals surface area contributed by atoms with Crippen LogP contribution in [0.1, 0.15) is 12.8 Å². The summed E-state index contributed by atoms with van der Waals surface area (Å²) >= 11 is 0. The number of rotatable bonds is 11. The van der Waals surface area contributed by atoms with Gasteiger partial charge in [0.15, 0.2) is 0 Å². The van der Waals surface area contributed by atoms with E-state index in [1.54, 1.807) is 7.11 Å². The zero-order valence-corrected chi connectivity index (χ0v) is 12.5. The molecule has 1 fully saturated rings. The number of nitrogens with zero attached hydrogens (tertiary/aromatic N) is 1. The van der Waals surface area contributed by atoms with Crippen molar-refractivity contribution in [3.8, 4) is 0 Å². The first kappa shape index (κ1) is 16.9. The molecule has 0 bridgehead atoms. The smallest absolute Gasteiger partial charge is 0.0701 e. The number of nitrogens with one attached hydrogen (secondary N) is 1. The molecule has 1 unspecified atom stereocenters. The summed E-state index contributed by atoms with van der Waals surface area (Å²) < 4.78 is 15.8. The standard InChI is InChI=1S/C14H30N2O3/c1-16(13-14-4-3-5-15-12-14)6-7-18-10-11-19-9-8-17-2/h14-15H,3-13H2,1-2H3. The lowest BCUT2D eigenvalue weighted by Gasteiger charge is -2.27. The van der Waals surface area contributed by atoms with Crippen LogP contribution in [0, 0.1) is 5.92 Å². The van der Waals surface area contributed by atoms with Crippen LogP contribution in [-0.4, -0.2) is 78.3 Å². The van der Waals surface area contributed by atoms with E-state index >= 15 is 0 Å². The molecule has 0 amide bonds. The summed E-state index contributed by atoms with van der Waals surface area (Å²) in [5, 5.41) is 3.46. The van der Waals surface area contributed by atoms with Crippen LogP contribution in [0.4, 0.5) is 0 Å². The summed E-state index contributed by atoms with van der Waals surface area (Å²) in [6, 6.07) is 0. The molecule has 0 aliphatic carbocycles. The second-order valence-corrected chi connectivity index (χ2v) is 5.19. The molecule has 19 heavy (non-hydrogen) atoms. The molecule has 1 aliphatic heterocycles. The molecule has 1 rings (SSSR count). The Morgan fingerprint density at radius 1 is 1.11 bits per heavy atom. The minimum Gasteiger partial charge on any atom is -0.382 e. The third-order valence-corrected chi connectivity index (χ3v) is 3.39. The van der Waals surface area contributed by atoms with Gasteiger partial charge in [-0.25, -0.2) is 0 Å². The van der Waals surface area contributed by atoms with Gasteiger partial charge in [-0.15, -0.1) is 0 Å². The Balaban J connectivity index is 1.85. The number of methoxy groups -OCH3 is 1. The predicted molar refractivity (Wildman–Crippen MR) is 76.6 cm³/mol. The zero-order valence-electron chi connectivity index (χ0n) is 12.5. The van der Waals surface area contributed by atoms with Crippen LogP contribution in [0.5, 0.6) is 0 Å². The van der Waals surface area contributed by atoms with Gasteiger partial charge in [-0.2, -0.15) is 0 Å². The van der Waals surface area contributed by atoms with Crippen molar-refractivity contribution in [2.45, 2.75) is 12.8 Å². The van der Waals surface area contributed by atoms with Gasteiger partial charge in [0.05, 0.1) is 33.0 Å². The second-order valence-electron chi connectivity index (χ2n) is 5.19. The normalized spacial score (nSPS) is 20.1. The number of ether oxygens (including phenoxy) is 3. The largest absolute Gasteiger partial charge is 0.382 e. The van der Waals surface area contributed by atoms with Crippen LogP contribution < -0.4 is 5.32 Å². The number of hydrogen-bond acceptors (Lipinski definition) is 5. The molecule has 5 nitrogen and oxygen atoms in total. The van der Waals surface area contributed by atoms with Crippen molar-refractivity contribution >= 4 is 0 Å². The van der Waals surface area contributed by atoms with Crippen molar-refractivity contribution in [3.05, 3.63) is 0 Å². The topological polar surface area (TPSA) is 43.0 Å². The average Bonchev–Trinajstić information content (AvgIpc) is 2.43. The van der Waals surface area contributed by atoms with Crippen molar-refractivity contribution in [2.24, 2.45) is 5.92 Å². The highest BCUT2D eigenvalue weighted by molar-refractivity contribution is 4.71. The molecule has 0 aromatic carbocycles.